The van der Waals surface area contributed by atoms with Crippen LogP contribution in [0.5, 0.6) is 0 Å². The van der Waals surface area contributed by atoms with Gasteiger partial charge >= 0.3 is 0 Å². The number of carbonyl (C=O) groups is 1. The Morgan fingerprint density at radius 2 is 2.11 bits per heavy atom. The first kappa shape index (κ1) is 12.6. The number of ketones is 1. The Balaban J connectivity index is 1.94. The predicted molar refractivity (Wildman–Crippen MR) is 78.2 cm³/mol. The minimum atomic E-state index is -0.262. The summed E-state index contributed by atoms with van der Waals surface area (Å²) in [5.41, 5.74) is 0.740. The van der Waals surface area contributed by atoms with Crippen LogP contribution in [0.4, 0.5) is 4.39 Å². The molecule has 2 nitrogen and oxygen atoms in total. The molecule has 0 bridgehead atoms. The minimum Gasteiger partial charge on any atom is -0.340 e. The topological polar surface area (TPSA) is 22.0 Å². The molecular weight excluding hydrogens is 329 g/mol. The number of rotatable bonds is 3. The lowest BCUT2D eigenvalue weighted by Gasteiger charge is -2.03. The number of benzene rings is 1. The molecule has 0 aliphatic heterocycles. The van der Waals surface area contributed by atoms with E-state index in [1.807, 2.05) is 12.1 Å². The van der Waals surface area contributed by atoms with Crippen molar-refractivity contribution in [3.8, 4) is 0 Å². The third kappa shape index (κ3) is 2.35. The highest BCUT2D eigenvalue weighted by Gasteiger charge is 2.12. The van der Waals surface area contributed by atoms with Crippen molar-refractivity contribution in [2.75, 3.05) is 0 Å². The fourth-order valence-corrected chi connectivity index (χ4v) is 3.34. The maximum atomic E-state index is 13.6. The van der Waals surface area contributed by atoms with Crippen molar-refractivity contribution in [3.63, 3.8) is 0 Å². The molecule has 0 spiro atoms. The second kappa shape index (κ2) is 4.90. The number of aromatic nitrogens is 1. The Labute approximate surface area is 121 Å². The molecule has 19 heavy (non-hydrogen) atoms. The van der Waals surface area contributed by atoms with Crippen LogP contribution in [0, 0.1) is 5.82 Å². The number of Topliss-reactive ketones (excluding diaryl/α,β-unsaturated/α-hetero) is 1. The van der Waals surface area contributed by atoms with Crippen LogP contribution in [0.15, 0.2) is 46.4 Å². The van der Waals surface area contributed by atoms with Crippen molar-refractivity contribution in [3.05, 3.63) is 57.1 Å². The van der Waals surface area contributed by atoms with Crippen molar-refractivity contribution < 1.29 is 9.18 Å². The third-order valence-corrected chi connectivity index (χ3v) is 4.59. The largest absolute Gasteiger partial charge is 0.340 e. The molecule has 0 N–H and O–H groups in total. The zero-order valence-electron chi connectivity index (χ0n) is 9.77. The SMILES string of the molecule is O=C(Cn1ccc2c(F)cccc21)c1ccc(Br)s1. The van der Waals surface area contributed by atoms with Crippen molar-refractivity contribution >= 4 is 44.0 Å². The van der Waals surface area contributed by atoms with Gasteiger partial charge in [0.1, 0.15) is 5.82 Å². The molecule has 0 fully saturated rings. The predicted octanol–water partition coefficient (Wildman–Crippen LogP) is 4.49. The number of carbonyl (C=O) groups excluding carboxylic acids is 1. The average molecular weight is 338 g/mol. The molecule has 5 heteroatoms. The van der Waals surface area contributed by atoms with Crippen LogP contribution in [0.25, 0.3) is 10.9 Å². The summed E-state index contributed by atoms with van der Waals surface area (Å²) in [6.07, 6.45) is 1.74. The fraction of sp³-hybridized carbons (Fsp3) is 0.0714. The van der Waals surface area contributed by atoms with Gasteiger partial charge in [0, 0.05) is 11.6 Å². The van der Waals surface area contributed by atoms with Crippen molar-refractivity contribution in [1.29, 1.82) is 0 Å². The Bertz CT molecular complexity index is 762. The Morgan fingerprint density at radius 1 is 1.26 bits per heavy atom. The van der Waals surface area contributed by atoms with Gasteiger partial charge in [-0.15, -0.1) is 11.3 Å². The summed E-state index contributed by atoms with van der Waals surface area (Å²) >= 11 is 4.74. The molecule has 3 aromatic rings. The van der Waals surface area contributed by atoms with E-state index in [0.717, 1.165) is 9.30 Å². The summed E-state index contributed by atoms with van der Waals surface area (Å²) in [6.45, 7) is 0.222. The van der Waals surface area contributed by atoms with Gasteiger partial charge in [-0.05, 0) is 46.3 Å². The molecule has 0 amide bonds. The highest BCUT2D eigenvalue weighted by atomic mass is 79.9. The van der Waals surface area contributed by atoms with Gasteiger partial charge in [0.05, 0.1) is 20.7 Å². The zero-order chi connectivity index (χ0) is 13.4. The summed E-state index contributed by atoms with van der Waals surface area (Å²) in [7, 11) is 0. The summed E-state index contributed by atoms with van der Waals surface area (Å²) in [4.78, 5) is 12.8. The standard InChI is InChI=1S/C14H9BrFNOS/c15-14-5-4-13(19-14)12(18)8-17-7-6-9-10(16)2-1-3-11(9)17/h1-7H,8H2. The molecule has 3 rings (SSSR count). The van der Waals surface area contributed by atoms with E-state index in [9.17, 15) is 9.18 Å². The molecule has 1 aromatic carbocycles. The van der Waals surface area contributed by atoms with Gasteiger partial charge in [-0.1, -0.05) is 6.07 Å². The fourth-order valence-electron chi connectivity index (χ4n) is 2.02. The third-order valence-electron chi connectivity index (χ3n) is 2.92. The Morgan fingerprint density at radius 3 is 2.84 bits per heavy atom. The molecule has 2 heterocycles. The van der Waals surface area contributed by atoms with Crippen LogP contribution in [0.1, 0.15) is 9.67 Å². The van der Waals surface area contributed by atoms with E-state index in [0.29, 0.717) is 10.3 Å². The molecular formula is C14H9BrFNOS. The van der Waals surface area contributed by atoms with E-state index in [1.165, 1.54) is 17.4 Å². The quantitative estimate of drug-likeness (QED) is 0.645. The molecule has 0 aliphatic rings. The molecule has 0 atom stereocenters. The first-order valence-corrected chi connectivity index (χ1v) is 7.28. The number of thiophene rings is 1. The molecule has 0 saturated heterocycles. The molecule has 0 saturated carbocycles. The first-order valence-electron chi connectivity index (χ1n) is 5.67. The maximum Gasteiger partial charge on any atom is 0.192 e. The monoisotopic (exact) mass is 337 g/mol. The van der Waals surface area contributed by atoms with E-state index >= 15 is 0 Å². The smallest absolute Gasteiger partial charge is 0.192 e. The lowest BCUT2D eigenvalue weighted by Crippen LogP contribution is -2.07. The van der Waals surface area contributed by atoms with E-state index in [1.54, 1.807) is 29.0 Å². The van der Waals surface area contributed by atoms with Crippen molar-refractivity contribution in [1.82, 2.24) is 4.57 Å². The van der Waals surface area contributed by atoms with Crippen LogP contribution in [-0.2, 0) is 6.54 Å². The second-order valence-corrected chi connectivity index (χ2v) is 6.61. The van der Waals surface area contributed by atoms with Crippen LogP contribution in [0.2, 0.25) is 0 Å². The number of hydrogen-bond donors (Lipinski definition) is 0. The van der Waals surface area contributed by atoms with Crippen molar-refractivity contribution in [2.24, 2.45) is 0 Å². The summed E-state index contributed by atoms with van der Waals surface area (Å²) in [5, 5.41) is 0.544. The first-order chi connectivity index (χ1) is 9.15. The lowest BCUT2D eigenvalue weighted by atomic mass is 10.2. The normalized spacial score (nSPS) is 11.1. The lowest BCUT2D eigenvalue weighted by molar-refractivity contribution is 0.0977. The van der Waals surface area contributed by atoms with Gasteiger partial charge in [0.15, 0.2) is 5.78 Å². The van der Waals surface area contributed by atoms with Gasteiger partial charge in [0.2, 0.25) is 0 Å². The highest BCUT2D eigenvalue weighted by Crippen LogP contribution is 2.24. The molecule has 0 unspecified atom stereocenters. The summed E-state index contributed by atoms with van der Waals surface area (Å²) in [6, 6.07) is 10.2. The Kier molecular flexibility index (Phi) is 3.24. The van der Waals surface area contributed by atoms with Gasteiger partial charge in [0.25, 0.3) is 0 Å². The average Bonchev–Trinajstić information content (AvgIpc) is 2.98. The van der Waals surface area contributed by atoms with Crippen LogP contribution in [0.3, 0.4) is 0 Å². The molecule has 96 valence electrons. The van der Waals surface area contributed by atoms with E-state index < -0.39 is 0 Å². The van der Waals surface area contributed by atoms with Gasteiger partial charge in [-0.3, -0.25) is 4.79 Å². The number of fused-ring (bicyclic) bond motifs is 1. The van der Waals surface area contributed by atoms with Gasteiger partial charge in [-0.2, -0.15) is 0 Å². The van der Waals surface area contributed by atoms with Gasteiger partial charge < -0.3 is 4.57 Å². The van der Waals surface area contributed by atoms with Crippen LogP contribution >= 0.6 is 27.3 Å². The second-order valence-electron chi connectivity index (χ2n) is 4.14. The summed E-state index contributed by atoms with van der Waals surface area (Å²) < 4.78 is 16.3. The van der Waals surface area contributed by atoms with E-state index in [-0.39, 0.29) is 18.1 Å². The zero-order valence-corrected chi connectivity index (χ0v) is 12.2. The summed E-state index contributed by atoms with van der Waals surface area (Å²) in [5.74, 6) is -0.236. The number of hydrogen-bond acceptors (Lipinski definition) is 2. The molecule has 2 aromatic heterocycles. The minimum absolute atomic E-state index is 0.0254. The van der Waals surface area contributed by atoms with Crippen LogP contribution < -0.4 is 0 Å². The highest BCUT2D eigenvalue weighted by molar-refractivity contribution is 9.11. The van der Waals surface area contributed by atoms with Gasteiger partial charge in [-0.25, -0.2) is 4.39 Å². The molecule has 0 radical (unpaired) electrons. The van der Waals surface area contributed by atoms with Crippen molar-refractivity contribution in [2.45, 2.75) is 6.54 Å². The number of nitrogens with zero attached hydrogens (tertiary/aromatic N) is 1. The Hall–Kier alpha value is -1.46. The molecule has 0 aliphatic carbocycles. The maximum absolute atomic E-state index is 13.6. The number of halogens is 2. The van der Waals surface area contributed by atoms with Crippen LogP contribution in [-0.4, -0.2) is 10.4 Å². The van der Waals surface area contributed by atoms with E-state index in [2.05, 4.69) is 15.9 Å². The van der Waals surface area contributed by atoms with E-state index in [4.69, 9.17) is 0 Å².